The maximum absolute atomic E-state index is 12.4. The summed E-state index contributed by atoms with van der Waals surface area (Å²) >= 11 is 0.694. The number of benzene rings is 1. The van der Waals surface area contributed by atoms with Crippen molar-refractivity contribution in [2.24, 2.45) is 0 Å². The van der Waals surface area contributed by atoms with E-state index in [1.54, 1.807) is 6.07 Å². The molecule has 106 valence electrons. The van der Waals surface area contributed by atoms with E-state index >= 15 is 0 Å². The van der Waals surface area contributed by atoms with Gasteiger partial charge in [0.05, 0.1) is 0 Å². The van der Waals surface area contributed by atoms with E-state index in [0.29, 0.717) is 23.1 Å². The number of alkyl halides is 3. The molecule has 1 unspecified atom stereocenters. The number of carbonyl (C=O) groups excluding carboxylic acids is 2. The number of rotatable bonds is 1. The molecule has 0 saturated heterocycles. The first-order valence-corrected chi connectivity index (χ1v) is 6.65. The molecule has 3 rings (SSSR count). The summed E-state index contributed by atoms with van der Waals surface area (Å²) in [6, 6.07) is 3.01. The Balaban J connectivity index is 1.97. The summed E-state index contributed by atoms with van der Waals surface area (Å²) in [6.07, 6.45) is -5.01. The molecule has 1 atom stereocenters. The Morgan fingerprint density at radius 1 is 1.30 bits per heavy atom. The number of hydrogen-bond donors (Lipinski definition) is 0. The second-order valence-electron chi connectivity index (χ2n) is 4.38. The van der Waals surface area contributed by atoms with E-state index in [9.17, 15) is 22.8 Å². The third-order valence-electron chi connectivity index (χ3n) is 3.08. The van der Waals surface area contributed by atoms with Crippen molar-refractivity contribution >= 4 is 23.3 Å². The fourth-order valence-corrected chi connectivity index (χ4v) is 3.25. The van der Waals surface area contributed by atoms with Crippen LogP contribution in [-0.4, -0.2) is 23.0 Å². The summed E-state index contributed by atoms with van der Waals surface area (Å²) in [5.41, 5.74) is 1.42. The third kappa shape index (κ3) is 2.08. The van der Waals surface area contributed by atoms with Gasteiger partial charge in [0.2, 0.25) is 0 Å². The zero-order valence-electron chi connectivity index (χ0n) is 9.82. The minimum atomic E-state index is -5.01. The molecule has 0 spiro atoms. The minimum Gasteiger partial charge on any atom is -0.337 e. The molecular weight excluding hydrogens is 297 g/mol. The lowest BCUT2D eigenvalue weighted by Gasteiger charge is -2.23. The van der Waals surface area contributed by atoms with Gasteiger partial charge in [-0.25, -0.2) is 0 Å². The second kappa shape index (κ2) is 4.49. The van der Waals surface area contributed by atoms with Crippen LogP contribution in [0.2, 0.25) is 0 Å². The molecule has 0 fully saturated rings. The van der Waals surface area contributed by atoms with Crippen LogP contribution in [0, 0.1) is 0 Å². The molecule has 8 heteroatoms. The molecule has 0 N–H and O–H groups in total. The van der Waals surface area contributed by atoms with Gasteiger partial charge >= 0.3 is 6.18 Å². The van der Waals surface area contributed by atoms with Crippen molar-refractivity contribution in [3.05, 3.63) is 28.8 Å². The molecule has 0 aromatic heterocycles. The van der Waals surface area contributed by atoms with Crippen molar-refractivity contribution in [1.82, 2.24) is 0 Å². The highest BCUT2D eigenvalue weighted by molar-refractivity contribution is 8.00. The molecule has 0 bridgehead atoms. The SMILES string of the molecule is O=C1c2cc3c(cc2CSC1C(=O)C(F)(F)F)COO3. The summed E-state index contributed by atoms with van der Waals surface area (Å²) in [5, 5.41) is -1.73. The van der Waals surface area contributed by atoms with E-state index in [1.165, 1.54) is 6.07 Å². The minimum absolute atomic E-state index is 0.0931. The number of hydrogen-bond acceptors (Lipinski definition) is 5. The molecular formula is C12H7F3O4S. The maximum Gasteiger partial charge on any atom is 0.451 e. The second-order valence-corrected chi connectivity index (χ2v) is 5.47. The van der Waals surface area contributed by atoms with Crippen LogP contribution in [0.5, 0.6) is 5.75 Å². The van der Waals surface area contributed by atoms with E-state index in [0.717, 1.165) is 5.56 Å². The van der Waals surface area contributed by atoms with Crippen LogP contribution in [0.4, 0.5) is 13.2 Å². The van der Waals surface area contributed by atoms with Gasteiger partial charge < -0.3 is 4.89 Å². The smallest absolute Gasteiger partial charge is 0.337 e. The van der Waals surface area contributed by atoms with E-state index in [-0.39, 0.29) is 17.9 Å². The monoisotopic (exact) mass is 304 g/mol. The van der Waals surface area contributed by atoms with Crippen LogP contribution in [0.25, 0.3) is 0 Å². The maximum atomic E-state index is 12.4. The lowest BCUT2D eigenvalue weighted by atomic mass is 9.97. The molecule has 4 nitrogen and oxygen atoms in total. The Morgan fingerprint density at radius 2 is 2.05 bits per heavy atom. The first-order valence-electron chi connectivity index (χ1n) is 5.60. The van der Waals surface area contributed by atoms with E-state index in [1.807, 2.05) is 0 Å². The van der Waals surface area contributed by atoms with Crippen molar-refractivity contribution in [2.45, 2.75) is 23.8 Å². The van der Waals surface area contributed by atoms with Gasteiger partial charge in [-0.3, -0.25) is 9.59 Å². The number of ketones is 2. The largest absolute Gasteiger partial charge is 0.451 e. The highest BCUT2D eigenvalue weighted by Crippen LogP contribution is 2.38. The average molecular weight is 304 g/mol. The molecule has 0 saturated carbocycles. The molecule has 20 heavy (non-hydrogen) atoms. The van der Waals surface area contributed by atoms with Crippen molar-refractivity contribution < 1.29 is 32.5 Å². The van der Waals surface area contributed by atoms with Crippen molar-refractivity contribution in [2.75, 3.05) is 0 Å². The van der Waals surface area contributed by atoms with Gasteiger partial charge in [-0.05, 0) is 17.7 Å². The number of halogens is 3. The number of thioether (sulfide) groups is 1. The van der Waals surface area contributed by atoms with Crippen LogP contribution in [0.1, 0.15) is 21.5 Å². The normalized spacial score (nSPS) is 21.1. The summed E-state index contributed by atoms with van der Waals surface area (Å²) in [7, 11) is 0. The Labute approximate surface area is 115 Å². The van der Waals surface area contributed by atoms with Crippen molar-refractivity contribution in [1.29, 1.82) is 0 Å². The molecule has 0 aliphatic carbocycles. The predicted octanol–water partition coefficient (Wildman–Crippen LogP) is 2.44. The van der Waals surface area contributed by atoms with Crippen LogP contribution in [-0.2, 0) is 22.0 Å². The molecule has 2 aliphatic heterocycles. The van der Waals surface area contributed by atoms with Crippen LogP contribution in [0.15, 0.2) is 12.1 Å². The van der Waals surface area contributed by atoms with Crippen molar-refractivity contribution in [3.63, 3.8) is 0 Å². The van der Waals surface area contributed by atoms with Gasteiger partial charge in [-0.1, -0.05) is 0 Å². The molecule has 2 heterocycles. The zero-order chi connectivity index (χ0) is 14.5. The molecule has 1 aromatic rings. The molecule has 0 amide bonds. The molecule has 1 aromatic carbocycles. The van der Waals surface area contributed by atoms with Gasteiger partial charge in [0, 0.05) is 16.9 Å². The topological polar surface area (TPSA) is 52.6 Å². The average Bonchev–Trinajstić information content (AvgIpc) is 2.82. The standard InChI is InChI=1S/C12H7F3O4S/c13-12(14,15)11(17)10-9(16)7-2-8-5(3-18-19-8)1-6(7)4-20-10/h1-2,10H,3-4H2. The number of Topliss-reactive ketones (excluding diaryl/α,β-unsaturated/α-hetero) is 2. The van der Waals surface area contributed by atoms with Crippen LogP contribution in [0.3, 0.4) is 0 Å². The first kappa shape index (κ1) is 13.4. The highest BCUT2D eigenvalue weighted by atomic mass is 32.2. The lowest BCUT2D eigenvalue weighted by molar-refractivity contribution is -0.194. The number of fused-ring (bicyclic) bond motifs is 2. The molecule has 2 aliphatic rings. The van der Waals surface area contributed by atoms with Gasteiger partial charge in [-0.2, -0.15) is 18.1 Å². The van der Waals surface area contributed by atoms with E-state index in [4.69, 9.17) is 9.78 Å². The lowest BCUT2D eigenvalue weighted by Crippen LogP contribution is -2.39. The van der Waals surface area contributed by atoms with E-state index < -0.39 is 23.0 Å². The summed E-state index contributed by atoms with van der Waals surface area (Å²) in [4.78, 5) is 32.9. The fourth-order valence-electron chi connectivity index (χ4n) is 2.10. The Morgan fingerprint density at radius 3 is 2.75 bits per heavy atom. The first-order chi connectivity index (χ1) is 9.38. The van der Waals surface area contributed by atoms with Gasteiger partial charge in [0.25, 0.3) is 5.78 Å². The van der Waals surface area contributed by atoms with Gasteiger partial charge in [-0.15, -0.1) is 11.8 Å². The van der Waals surface area contributed by atoms with Crippen LogP contribution >= 0.6 is 11.8 Å². The van der Waals surface area contributed by atoms with Crippen LogP contribution < -0.4 is 4.89 Å². The Bertz CT molecular complexity index is 611. The summed E-state index contributed by atoms with van der Waals surface area (Å²) in [5.74, 6) is -2.38. The number of carbonyl (C=O) groups is 2. The summed E-state index contributed by atoms with van der Waals surface area (Å²) in [6.45, 7) is 0.229. The Hall–Kier alpha value is -1.54. The van der Waals surface area contributed by atoms with Gasteiger partial charge in [0.15, 0.2) is 11.5 Å². The quantitative estimate of drug-likeness (QED) is 0.589. The summed E-state index contributed by atoms with van der Waals surface area (Å²) < 4.78 is 37.3. The van der Waals surface area contributed by atoms with Crippen molar-refractivity contribution in [3.8, 4) is 5.75 Å². The third-order valence-corrected chi connectivity index (χ3v) is 4.32. The van der Waals surface area contributed by atoms with Gasteiger partial charge in [0.1, 0.15) is 11.9 Å². The van der Waals surface area contributed by atoms with E-state index in [2.05, 4.69) is 0 Å². The predicted molar refractivity (Wildman–Crippen MR) is 62.3 cm³/mol. The molecule has 0 radical (unpaired) electrons. The zero-order valence-corrected chi connectivity index (χ0v) is 10.6. The Kier molecular flexibility index (Phi) is 3.02. The fraction of sp³-hybridized carbons (Fsp3) is 0.333. The highest BCUT2D eigenvalue weighted by Gasteiger charge is 2.48.